The third kappa shape index (κ3) is 2.50. The molecule has 1 aliphatic rings. The number of Topliss-reactive ketones (excluding diaryl/α,β-unsaturated/α-hetero) is 1. The van der Waals surface area contributed by atoms with E-state index in [2.05, 4.69) is 4.98 Å². The summed E-state index contributed by atoms with van der Waals surface area (Å²) in [4.78, 5) is 40.9. The smallest absolute Gasteiger partial charge is 0.279 e. The number of aromatic nitrogens is 2. The third-order valence-corrected chi connectivity index (χ3v) is 3.62. The summed E-state index contributed by atoms with van der Waals surface area (Å²) in [6.45, 7) is 3.67. The zero-order chi connectivity index (χ0) is 14.9. The molecule has 0 saturated heterocycles. The molecule has 1 aromatic rings. The summed E-state index contributed by atoms with van der Waals surface area (Å²) in [5.41, 5.74) is 1.05. The zero-order valence-corrected chi connectivity index (χ0v) is 12.0. The number of unbranched alkanes of at least 4 members (excludes halogenated alkanes) is 1. The molecule has 0 spiro atoms. The Balaban J connectivity index is 2.11. The van der Waals surface area contributed by atoms with Gasteiger partial charge in [-0.05, 0) is 26.7 Å². The van der Waals surface area contributed by atoms with E-state index < -0.39 is 5.92 Å². The van der Waals surface area contributed by atoms with Crippen molar-refractivity contribution in [2.24, 2.45) is 7.05 Å². The molecule has 0 fully saturated rings. The van der Waals surface area contributed by atoms with Crippen LogP contribution in [0.4, 0.5) is 0 Å². The minimum absolute atomic E-state index is 0.128. The van der Waals surface area contributed by atoms with Crippen molar-refractivity contribution >= 4 is 17.6 Å². The molecule has 1 aliphatic heterocycles. The Labute approximate surface area is 117 Å². The monoisotopic (exact) mass is 277 g/mol. The number of rotatable bonds is 5. The van der Waals surface area contributed by atoms with Gasteiger partial charge in [-0.2, -0.15) is 0 Å². The third-order valence-electron chi connectivity index (χ3n) is 3.62. The van der Waals surface area contributed by atoms with Gasteiger partial charge in [0.15, 0.2) is 0 Å². The maximum Gasteiger partial charge on any atom is 0.279 e. The average Bonchev–Trinajstić information content (AvgIpc) is 2.77. The quantitative estimate of drug-likeness (QED) is 0.600. The van der Waals surface area contributed by atoms with Gasteiger partial charge in [0, 0.05) is 20.0 Å². The van der Waals surface area contributed by atoms with Gasteiger partial charge in [-0.25, -0.2) is 4.98 Å². The summed E-state index contributed by atoms with van der Waals surface area (Å²) in [6.07, 6.45) is 3.39. The molecule has 2 amide bonds. The van der Waals surface area contributed by atoms with Crippen molar-refractivity contribution < 1.29 is 14.4 Å². The Hall–Kier alpha value is -1.98. The van der Waals surface area contributed by atoms with Crippen molar-refractivity contribution in [2.75, 3.05) is 6.54 Å². The molecule has 108 valence electrons. The molecule has 0 radical (unpaired) electrons. The molecule has 1 unspecified atom stereocenters. The number of carbonyl (C=O) groups is 3. The molecule has 20 heavy (non-hydrogen) atoms. The summed E-state index contributed by atoms with van der Waals surface area (Å²) in [5.74, 6) is -0.754. The van der Waals surface area contributed by atoms with Crippen molar-refractivity contribution in [3.63, 3.8) is 0 Å². The van der Waals surface area contributed by atoms with Gasteiger partial charge in [0.05, 0.1) is 17.9 Å². The number of carbonyl (C=O) groups excluding carboxylic acids is 3. The highest BCUT2D eigenvalue weighted by Gasteiger charge is 2.38. The van der Waals surface area contributed by atoms with Gasteiger partial charge in [-0.15, -0.1) is 0 Å². The van der Waals surface area contributed by atoms with Crippen LogP contribution < -0.4 is 0 Å². The van der Waals surface area contributed by atoms with Crippen molar-refractivity contribution in [2.45, 2.75) is 39.0 Å². The minimum atomic E-state index is -0.392. The van der Waals surface area contributed by atoms with Gasteiger partial charge in [-0.3, -0.25) is 14.5 Å². The molecule has 0 N–H and O–H groups in total. The highest BCUT2D eigenvalue weighted by molar-refractivity contribution is 6.10. The van der Waals surface area contributed by atoms with E-state index in [1.165, 1.54) is 4.90 Å². The molecular weight excluding hydrogens is 258 g/mol. The maximum absolute atomic E-state index is 12.4. The Bertz CT molecular complexity index is 562. The number of nitrogens with zero attached hydrogens (tertiary/aromatic N) is 3. The van der Waals surface area contributed by atoms with Gasteiger partial charge in [-0.1, -0.05) is 0 Å². The van der Waals surface area contributed by atoms with Crippen molar-refractivity contribution in [3.8, 4) is 0 Å². The molecule has 0 saturated carbocycles. The summed E-state index contributed by atoms with van der Waals surface area (Å²) in [6, 6.07) is 0. The van der Waals surface area contributed by atoms with Crippen LogP contribution in [0.15, 0.2) is 6.33 Å². The first kappa shape index (κ1) is 14.4. The standard InChI is InChI=1S/C14H19N3O3/c1-9(18)6-4-5-7-17-13(19)10(2)11-12(14(17)20)16(3)8-15-11/h8,10H,4-7H2,1-3H3. The molecule has 0 bridgehead atoms. The lowest BCUT2D eigenvalue weighted by atomic mass is 9.98. The second kappa shape index (κ2) is 5.56. The van der Waals surface area contributed by atoms with E-state index in [0.29, 0.717) is 37.2 Å². The molecule has 2 heterocycles. The SMILES string of the molecule is CC(=O)CCCCN1C(=O)c2c(ncn2C)C(C)C1=O. The molecule has 1 aromatic heterocycles. The van der Waals surface area contributed by atoms with Gasteiger partial charge in [0.2, 0.25) is 5.91 Å². The fourth-order valence-electron chi connectivity index (χ4n) is 2.46. The second-order valence-electron chi connectivity index (χ2n) is 5.27. The van der Waals surface area contributed by atoms with Gasteiger partial charge in [0.25, 0.3) is 5.91 Å². The number of fused-ring (bicyclic) bond motifs is 1. The van der Waals surface area contributed by atoms with Crippen LogP contribution in [0, 0.1) is 0 Å². The number of hydrogen-bond donors (Lipinski definition) is 0. The first-order valence-electron chi connectivity index (χ1n) is 6.79. The largest absolute Gasteiger partial charge is 0.329 e. The highest BCUT2D eigenvalue weighted by Crippen LogP contribution is 2.27. The van der Waals surface area contributed by atoms with Gasteiger partial charge < -0.3 is 9.36 Å². The van der Waals surface area contributed by atoms with Crippen molar-refractivity contribution in [1.29, 1.82) is 0 Å². The molecule has 0 aromatic carbocycles. The fraction of sp³-hybridized carbons (Fsp3) is 0.571. The van der Waals surface area contributed by atoms with Crippen LogP contribution in [0.25, 0.3) is 0 Å². The van der Waals surface area contributed by atoms with E-state index in [9.17, 15) is 14.4 Å². The molecule has 6 nitrogen and oxygen atoms in total. The minimum Gasteiger partial charge on any atom is -0.329 e. The Morgan fingerprint density at radius 2 is 2.05 bits per heavy atom. The zero-order valence-electron chi connectivity index (χ0n) is 12.0. The summed E-state index contributed by atoms with van der Waals surface area (Å²) < 4.78 is 1.66. The summed E-state index contributed by atoms with van der Waals surface area (Å²) in [5, 5.41) is 0. The number of hydrogen-bond acceptors (Lipinski definition) is 4. The van der Waals surface area contributed by atoms with E-state index >= 15 is 0 Å². The number of ketones is 1. The predicted octanol–water partition coefficient (Wildman–Crippen LogP) is 1.27. The molecule has 0 aliphatic carbocycles. The van der Waals surface area contributed by atoms with E-state index in [-0.39, 0.29) is 17.6 Å². The van der Waals surface area contributed by atoms with Crippen LogP contribution in [0.2, 0.25) is 0 Å². The average molecular weight is 277 g/mol. The second-order valence-corrected chi connectivity index (χ2v) is 5.27. The first-order valence-corrected chi connectivity index (χ1v) is 6.79. The molecule has 2 rings (SSSR count). The lowest BCUT2D eigenvalue weighted by Gasteiger charge is -2.28. The molecule has 6 heteroatoms. The lowest BCUT2D eigenvalue weighted by molar-refractivity contribution is -0.130. The van der Waals surface area contributed by atoms with Crippen molar-refractivity contribution in [1.82, 2.24) is 14.5 Å². The summed E-state index contributed by atoms with van der Waals surface area (Å²) in [7, 11) is 1.75. The van der Waals surface area contributed by atoms with Crippen LogP contribution in [-0.2, 0) is 16.6 Å². The van der Waals surface area contributed by atoms with Crippen LogP contribution in [0.1, 0.15) is 55.2 Å². The fourth-order valence-corrected chi connectivity index (χ4v) is 2.46. The van der Waals surface area contributed by atoms with Gasteiger partial charge >= 0.3 is 0 Å². The Morgan fingerprint density at radius 3 is 2.70 bits per heavy atom. The molecule has 1 atom stereocenters. The Morgan fingerprint density at radius 1 is 1.35 bits per heavy atom. The van der Waals surface area contributed by atoms with Crippen LogP contribution in [0.3, 0.4) is 0 Å². The van der Waals surface area contributed by atoms with Crippen molar-refractivity contribution in [3.05, 3.63) is 17.7 Å². The topological polar surface area (TPSA) is 72.3 Å². The Kier molecular flexibility index (Phi) is 4.01. The van der Waals surface area contributed by atoms with E-state index in [1.54, 1.807) is 31.8 Å². The normalized spacial score (nSPS) is 18.4. The number of aryl methyl sites for hydroxylation is 1. The first-order chi connectivity index (χ1) is 9.43. The highest BCUT2D eigenvalue weighted by atomic mass is 16.2. The molecular formula is C14H19N3O3. The number of imide groups is 1. The van der Waals surface area contributed by atoms with Gasteiger partial charge in [0.1, 0.15) is 11.5 Å². The summed E-state index contributed by atoms with van der Waals surface area (Å²) >= 11 is 0. The maximum atomic E-state index is 12.4. The van der Waals surface area contributed by atoms with Crippen LogP contribution in [0.5, 0.6) is 0 Å². The predicted molar refractivity (Wildman–Crippen MR) is 72.2 cm³/mol. The van der Waals surface area contributed by atoms with Crippen LogP contribution in [-0.4, -0.2) is 38.6 Å². The van der Waals surface area contributed by atoms with E-state index in [0.717, 1.165) is 0 Å². The van der Waals surface area contributed by atoms with E-state index in [1.807, 2.05) is 0 Å². The number of imidazole rings is 1. The lowest BCUT2D eigenvalue weighted by Crippen LogP contribution is -2.45. The van der Waals surface area contributed by atoms with E-state index in [4.69, 9.17) is 0 Å². The number of amides is 2. The van der Waals surface area contributed by atoms with Crippen LogP contribution >= 0.6 is 0 Å².